The molecule has 0 aliphatic carbocycles. The van der Waals surface area contributed by atoms with E-state index in [1.165, 1.54) is 0 Å². The topological polar surface area (TPSA) is 34.1 Å². The average Bonchev–Trinajstić information content (AvgIpc) is 2.30. The van der Waals surface area contributed by atoms with Crippen LogP contribution in [-0.4, -0.2) is 17.7 Å². The van der Waals surface area contributed by atoms with Crippen molar-refractivity contribution in [2.24, 2.45) is 5.92 Å². The highest BCUT2D eigenvalue weighted by Crippen LogP contribution is 2.17. The summed E-state index contributed by atoms with van der Waals surface area (Å²) in [5, 5.41) is 0. The zero-order chi connectivity index (χ0) is 13.9. The van der Waals surface area contributed by atoms with E-state index in [9.17, 15) is 14.0 Å². The molecule has 0 N–H and O–H groups in total. The fourth-order valence-corrected chi connectivity index (χ4v) is 1.81. The van der Waals surface area contributed by atoms with Gasteiger partial charge >= 0.3 is 0 Å². The summed E-state index contributed by atoms with van der Waals surface area (Å²) in [5.74, 6) is -1.29. The fourth-order valence-electron chi connectivity index (χ4n) is 1.81. The van der Waals surface area contributed by atoms with Gasteiger partial charge in [0.15, 0.2) is 5.78 Å². The smallest absolute Gasteiger partial charge is 0.220 e. The van der Waals surface area contributed by atoms with Gasteiger partial charge in [-0.15, -0.1) is 0 Å². The molecule has 1 atom stereocenters. The first-order chi connectivity index (χ1) is 8.34. The molecular weight excluding hydrogens is 231 g/mol. The van der Waals surface area contributed by atoms with Crippen molar-refractivity contribution in [1.29, 1.82) is 0 Å². The molecule has 0 radical (unpaired) electrons. The second-order valence-electron chi connectivity index (χ2n) is 5.04. The van der Waals surface area contributed by atoms with E-state index < -0.39 is 17.7 Å². The maximum Gasteiger partial charge on any atom is 0.220 e. The van der Waals surface area contributed by atoms with E-state index in [1.54, 1.807) is 19.1 Å². The van der Waals surface area contributed by atoms with Gasteiger partial charge in [0, 0.05) is 12.0 Å². The van der Waals surface area contributed by atoms with E-state index in [0.29, 0.717) is 5.56 Å². The summed E-state index contributed by atoms with van der Waals surface area (Å²) in [4.78, 5) is 23.5. The van der Waals surface area contributed by atoms with Crippen LogP contribution in [0.25, 0.3) is 0 Å². The highest BCUT2D eigenvalue weighted by molar-refractivity contribution is 6.13. The van der Waals surface area contributed by atoms with Crippen molar-refractivity contribution >= 4 is 11.6 Å². The highest BCUT2D eigenvalue weighted by atomic mass is 19.1. The maximum absolute atomic E-state index is 13.8. The second kappa shape index (κ2) is 5.89. The highest BCUT2D eigenvalue weighted by Gasteiger charge is 2.28. The number of benzene rings is 1. The summed E-state index contributed by atoms with van der Waals surface area (Å²) < 4.78 is 13.8. The van der Waals surface area contributed by atoms with E-state index in [1.807, 2.05) is 26.8 Å². The zero-order valence-electron chi connectivity index (χ0n) is 11.3. The largest absolute Gasteiger partial charge is 0.296 e. The van der Waals surface area contributed by atoms with Gasteiger partial charge in [0.1, 0.15) is 0 Å². The summed E-state index contributed by atoms with van der Waals surface area (Å²) in [5.41, 5.74) is 1.96. The van der Waals surface area contributed by atoms with Gasteiger partial charge in [-0.2, -0.15) is 0 Å². The SMILES string of the molecule is Cc1cccc(C(=O)C(F)C(=O)CC(C)C)c1C. The molecule has 0 saturated heterocycles. The maximum atomic E-state index is 13.8. The Morgan fingerprint density at radius 3 is 2.39 bits per heavy atom. The van der Waals surface area contributed by atoms with Crippen LogP contribution in [0.1, 0.15) is 41.8 Å². The van der Waals surface area contributed by atoms with Crippen LogP contribution in [0.5, 0.6) is 0 Å². The van der Waals surface area contributed by atoms with Crippen LogP contribution in [-0.2, 0) is 4.79 Å². The lowest BCUT2D eigenvalue weighted by Gasteiger charge is -2.11. The van der Waals surface area contributed by atoms with E-state index in [4.69, 9.17) is 0 Å². The van der Waals surface area contributed by atoms with E-state index in [-0.39, 0.29) is 12.3 Å². The number of aryl methyl sites for hydroxylation is 1. The second-order valence-corrected chi connectivity index (χ2v) is 5.04. The summed E-state index contributed by atoms with van der Waals surface area (Å²) in [7, 11) is 0. The van der Waals surface area contributed by atoms with Crippen molar-refractivity contribution in [2.45, 2.75) is 40.3 Å². The number of Topliss-reactive ketones (excluding diaryl/α,β-unsaturated/α-hetero) is 2. The van der Waals surface area contributed by atoms with E-state index >= 15 is 0 Å². The Morgan fingerprint density at radius 1 is 1.22 bits per heavy atom. The van der Waals surface area contributed by atoms with E-state index in [2.05, 4.69) is 0 Å². The number of carbonyl (C=O) groups is 2. The van der Waals surface area contributed by atoms with Crippen molar-refractivity contribution in [3.05, 3.63) is 34.9 Å². The molecule has 0 fully saturated rings. The first-order valence-electron chi connectivity index (χ1n) is 6.11. The van der Waals surface area contributed by atoms with Gasteiger partial charge in [-0.25, -0.2) is 4.39 Å². The molecule has 0 bridgehead atoms. The molecule has 98 valence electrons. The average molecular weight is 250 g/mol. The minimum absolute atomic E-state index is 0.0576. The van der Waals surface area contributed by atoms with Gasteiger partial charge < -0.3 is 0 Å². The van der Waals surface area contributed by atoms with Crippen LogP contribution >= 0.6 is 0 Å². The van der Waals surface area contributed by atoms with Crippen LogP contribution in [0, 0.1) is 19.8 Å². The van der Waals surface area contributed by atoms with Crippen LogP contribution < -0.4 is 0 Å². The van der Waals surface area contributed by atoms with Gasteiger partial charge in [0.05, 0.1) is 0 Å². The Labute approximate surface area is 107 Å². The first kappa shape index (κ1) is 14.6. The number of hydrogen-bond acceptors (Lipinski definition) is 2. The Morgan fingerprint density at radius 2 is 1.83 bits per heavy atom. The molecule has 0 aliphatic heterocycles. The van der Waals surface area contributed by atoms with Gasteiger partial charge in [-0.05, 0) is 30.9 Å². The van der Waals surface area contributed by atoms with Crippen LogP contribution in [0.15, 0.2) is 18.2 Å². The van der Waals surface area contributed by atoms with Crippen LogP contribution in [0.3, 0.4) is 0 Å². The molecule has 1 rings (SSSR count). The van der Waals surface area contributed by atoms with Crippen molar-refractivity contribution in [1.82, 2.24) is 0 Å². The quantitative estimate of drug-likeness (QED) is 0.592. The number of halogens is 1. The third-order valence-electron chi connectivity index (χ3n) is 2.99. The fraction of sp³-hybridized carbons (Fsp3) is 0.467. The predicted octanol–water partition coefficient (Wildman–Crippen LogP) is 3.44. The summed E-state index contributed by atoms with van der Waals surface area (Å²) in [6.07, 6.45) is -1.94. The monoisotopic (exact) mass is 250 g/mol. The first-order valence-corrected chi connectivity index (χ1v) is 6.11. The summed E-state index contributed by atoms with van der Waals surface area (Å²) >= 11 is 0. The molecule has 0 aliphatic rings. The lowest BCUT2D eigenvalue weighted by molar-refractivity contribution is -0.122. The van der Waals surface area contributed by atoms with Crippen molar-refractivity contribution < 1.29 is 14.0 Å². The molecule has 0 saturated carbocycles. The van der Waals surface area contributed by atoms with Crippen molar-refractivity contribution in [3.63, 3.8) is 0 Å². The summed E-state index contributed by atoms with van der Waals surface area (Å²) in [6.45, 7) is 7.28. The summed E-state index contributed by atoms with van der Waals surface area (Å²) in [6, 6.07) is 5.13. The van der Waals surface area contributed by atoms with Crippen LogP contribution in [0.2, 0.25) is 0 Å². The standard InChI is InChI=1S/C15H19FO2/c1-9(2)8-13(17)14(16)15(18)12-7-5-6-10(3)11(12)4/h5-7,9,14H,8H2,1-4H3. The van der Waals surface area contributed by atoms with Gasteiger partial charge in [0.25, 0.3) is 0 Å². The normalized spacial score (nSPS) is 12.6. The minimum Gasteiger partial charge on any atom is -0.296 e. The van der Waals surface area contributed by atoms with Gasteiger partial charge in [-0.1, -0.05) is 32.0 Å². The molecule has 1 aromatic carbocycles. The van der Waals surface area contributed by atoms with Crippen molar-refractivity contribution in [2.75, 3.05) is 0 Å². The van der Waals surface area contributed by atoms with Gasteiger partial charge in [0.2, 0.25) is 12.0 Å². The number of alkyl halides is 1. The third kappa shape index (κ3) is 3.25. The lowest BCUT2D eigenvalue weighted by atomic mass is 9.94. The molecule has 0 heterocycles. The molecule has 0 amide bonds. The molecule has 0 spiro atoms. The third-order valence-corrected chi connectivity index (χ3v) is 2.99. The Balaban J connectivity index is 2.93. The minimum atomic E-state index is -2.03. The van der Waals surface area contributed by atoms with Crippen molar-refractivity contribution in [3.8, 4) is 0 Å². The van der Waals surface area contributed by atoms with Crippen LogP contribution in [0.4, 0.5) is 4.39 Å². The molecule has 3 heteroatoms. The Bertz CT molecular complexity index is 464. The predicted molar refractivity (Wildman–Crippen MR) is 69.6 cm³/mol. The number of hydrogen-bond donors (Lipinski definition) is 0. The molecule has 0 aromatic heterocycles. The molecule has 1 unspecified atom stereocenters. The number of ketones is 2. The molecule has 1 aromatic rings. The molecule has 18 heavy (non-hydrogen) atoms. The Hall–Kier alpha value is -1.51. The lowest BCUT2D eigenvalue weighted by Crippen LogP contribution is -2.27. The zero-order valence-corrected chi connectivity index (χ0v) is 11.3. The van der Waals surface area contributed by atoms with Gasteiger partial charge in [-0.3, -0.25) is 9.59 Å². The number of carbonyl (C=O) groups excluding carboxylic acids is 2. The van der Waals surface area contributed by atoms with E-state index in [0.717, 1.165) is 11.1 Å². The molecular formula is C15H19FO2. The Kier molecular flexibility index (Phi) is 4.76. The number of rotatable bonds is 5. The molecule has 2 nitrogen and oxygen atoms in total.